The zero-order chi connectivity index (χ0) is 17.4. The Balaban J connectivity index is 1.65. The number of nitrogens with zero attached hydrogens (tertiary/aromatic N) is 4. The van der Waals surface area contributed by atoms with Gasteiger partial charge in [-0.3, -0.25) is 10.9 Å². The van der Waals surface area contributed by atoms with Gasteiger partial charge in [0.05, 0.1) is 15.7 Å². The van der Waals surface area contributed by atoms with Crippen LogP contribution in [0.15, 0.2) is 55.4 Å². The van der Waals surface area contributed by atoms with Crippen molar-refractivity contribution >= 4 is 51.1 Å². The molecule has 0 bridgehead atoms. The van der Waals surface area contributed by atoms with Crippen LogP contribution in [0.5, 0.6) is 0 Å². The molecule has 25 heavy (non-hydrogen) atoms. The Bertz CT molecular complexity index is 1100. The van der Waals surface area contributed by atoms with Gasteiger partial charge < -0.3 is 0 Å². The third-order valence-electron chi connectivity index (χ3n) is 3.76. The van der Waals surface area contributed by atoms with Crippen LogP contribution in [0.2, 0.25) is 10.0 Å². The molecule has 0 radical (unpaired) electrons. The van der Waals surface area contributed by atoms with Crippen LogP contribution < -0.4 is 10.9 Å². The minimum atomic E-state index is 0.469. The lowest BCUT2D eigenvalue weighted by Crippen LogP contribution is -2.21. The molecule has 0 aliphatic heterocycles. The number of rotatable bonds is 4. The Morgan fingerprint density at radius 1 is 1.04 bits per heavy atom. The molecule has 6 nitrogen and oxygen atoms in total. The number of hydrogen-bond donors (Lipinski definition) is 2. The second-order valence-corrected chi connectivity index (χ2v) is 6.17. The number of fused-ring (bicyclic) bond motifs is 3. The number of benzene rings is 2. The molecular formula is C17H12Cl2N6. The van der Waals surface area contributed by atoms with Crippen molar-refractivity contribution in [3.63, 3.8) is 0 Å². The molecule has 8 heteroatoms. The number of aromatic nitrogens is 4. The fraction of sp³-hybridized carbons (Fsp3) is 0. The van der Waals surface area contributed by atoms with Crippen molar-refractivity contribution in [2.45, 2.75) is 0 Å². The molecule has 0 spiro atoms. The molecule has 0 amide bonds. The molecule has 0 saturated heterocycles. The highest BCUT2D eigenvalue weighted by Gasteiger charge is 2.10. The average Bonchev–Trinajstić information content (AvgIpc) is 3.10. The van der Waals surface area contributed by atoms with Gasteiger partial charge in [-0.05, 0) is 12.1 Å². The minimum absolute atomic E-state index is 0.469. The SMILES string of the molecule is C=C(NNc1nn2cnnc2c2ccccc12)c1ccc(Cl)c(Cl)c1. The Hall–Kier alpha value is -2.83. The van der Waals surface area contributed by atoms with Crippen LogP contribution in [-0.2, 0) is 0 Å². The fourth-order valence-corrected chi connectivity index (χ4v) is 2.81. The standard InChI is InChI=1S/C17H12Cl2N6/c1-10(11-6-7-14(18)15(19)8-11)21-22-16-12-4-2-3-5-13(12)17-23-20-9-25(17)24-16/h2-9,21H,1H2,(H,22,24). The first-order valence-electron chi connectivity index (χ1n) is 7.38. The Morgan fingerprint density at radius 2 is 1.84 bits per heavy atom. The molecule has 0 aliphatic carbocycles. The summed E-state index contributed by atoms with van der Waals surface area (Å²) in [5, 5.41) is 15.3. The molecular weight excluding hydrogens is 359 g/mol. The number of anilines is 1. The topological polar surface area (TPSA) is 67.1 Å². The van der Waals surface area contributed by atoms with Crippen LogP contribution in [0, 0.1) is 0 Å². The van der Waals surface area contributed by atoms with Gasteiger partial charge in [-0.2, -0.15) is 4.52 Å². The van der Waals surface area contributed by atoms with E-state index >= 15 is 0 Å². The van der Waals surface area contributed by atoms with E-state index in [1.807, 2.05) is 30.3 Å². The van der Waals surface area contributed by atoms with Gasteiger partial charge in [0.25, 0.3) is 0 Å². The van der Waals surface area contributed by atoms with Crippen molar-refractivity contribution < 1.29 is 0 Å². The van der Waals surface area contributed by atoms with Gasteiger partial charge >= 0.3 is 0 Å². The van der Waals surface area contributed by atoms with Crippen molar-refractivity contribution in [1.82, 2.24) is 25.2 Å². The summed E-state index contributed by atoms with van der Waals surface area (Å²) in [7, 11) is 0. The summed E-state index contributed by atoms with van der Waals surface area (Å²) in [6, 6.07) is 13.1. The summed E-state index contributed by atoms with van der Waals surface area (Å²) in [6.45, 7) is 4.01. The highest BCUT2D eigenvalue weighted by atomic mass is 35.5. The molecule has 2 aromatic heterocycles. The molecule has 0 saturated carbocycles. The molecule has 0 fully saturated rings. The maximum absolute atomic E-state index is 6.06. The van der Waals surface area contributed by atoms with Crippen LogP contribution in [0.25, 0.3) is 22.1 Å². The number of halogens is 2. The summed E-state index contributed by atoms with van der Waals surface area (Å²) in [6.07, 6.45) is 1.56. The van der Waals surface area contributed by atoms with Crippen molar-refractivity contribution in [1.29, 1.82) is 0 Å². The summed E-state index contributed by atoms with van der Waals surface area (Å²) in [5.74, 6) is 0.629. The fourth-order valence-electron chi connectivity index (χ4n) is 2.51. The van der Waals surface area contributed by atoms with Gasteiger partial charge in [0, 0.05) is 16.3 Å². The summed E-state index contributed by atoms with van der Waals surface area (Å²) < 4.78 is 1.62. The van der Waals surface area contributed by atoms with E-state index in [2.05, 4.69) is 32.7 Å². The van der Waals surface area contributed by atoms with Gasteiger partial charge in [0.1, 0.15) is 6.33 Å². The van der Waals surface area contributed by atoms with Gasteiger partial charge in [0.2, 0.25) is 0 Å². The van der Waals surface area contributed by atoms with Crippen molar-refractivity contribution in [3.05, 3.63) is 71.0 Å². The maximum Gasteiger partial charge on any atom is 0.185 e. The summed E-state index contributed by atoms with van der Waals surface area (Å²) >= 11 is 12.0. The predicted molar refractivity (Wildman–Crippen MR) is 101 cm³/mol. The monoisotopic (exact) mass is 370 g/mol. The predicted octanol–water partition coefficient (Wildman–Crippen LogP) is 4.17. The summed E-state index contributed by atoms with van der Waals surface area (Å²) in [4.78, 5) is 0. The first-order valence-corrected chi connectivity index (χ1v) is 8.14. The Labute approximate surface area is 153 Å². The van der Waals surface area contributed by atoms with E-state index < -0.39 is 0 Å². The van der Waals surface area contributed by atoms with Crippen molar-refractivity contribution in [2.75, 3.05) is 5.43 Å². The number of nitrogens with one attached hydrogen (secondary N) is 2. The van der Waals surface area contributed by atoms with Gasteiger partial charge in [-0.15, -0.1) is 15.3 Å². The van der Waals surface area contributed by atoms with E-state index in [1.165, 1.54) is 0 Å². The quantitative estimate of drug-likeness (QED) is 0.527. The van der Waals surface area contributed by atoms with Crippen LogP contribution in [0.3, 0.4) is 0 Å². The Morgan fingerprint density at radius 3 is 2.64 bits per heavy atom. The lowest BCUT2D eigenvalue weighted by Gasteiger charge is -2.14. The lowest BCUT2D eigenvalue weighted by molar-refractivity contribution is 0.917. The molecule has 2 aromatic carbocycles. The second-order valence-electron chi connectivity index (χ2n) is 5.35. The highest BCUT2D eigenvalue weighted by Crippen LogP contribution is 2.26. The van der Waals surface area contributed by atoms with Gasteiger partial charge in [-0.1, -0.05) is 60.1 Å². The summed E-state index contributed by atoms with van der Waals surface area (Å²) in [5.41, 5.74) is 8.28. The average molecular weight is 371 g/mol. The molecule has 124 valence electrons. The van der Waals surface area contributed by atoms with E-state index in [0.717, 1.165) is 16.3 Å². The first kappa shape index (κ1) is 15.7. The number of hydrazine groups is 1. The van der Waals surface area contributed by atoms with E-state index in [0.29, 0.717) is 27.2 Å². The molecule has 4 aromatic rings. The zero-order valence-corrected chi connectivity index (χ0v) is 14.4. The van der Waals surface area contributed by atoms with Crippen LogP contribution in [-0.4, -0.2) is 19.8 Å². The molecule has 0 atom stereocenters. The van der Waals surface area contributed by atoms with E-state index in [9.17, 15) is 0 Å². The Kier molecular flexibility index (Phi) is 3.91. The molecule has 2 heterocycles. The maximum atomic E-state index is 6.06. The van der Waals surface area contributed by atoms with Crippen LogP contribution in [0.1, 0.15) is 5.56 Å². The third kappa shape index (κ3) is 2.86. The number of hydrogen-bond acceptors (Lipinski definition) is 5. The van der Waals surface area contributed by atoms with E-state index in [1.54, 1.807) is 23.0 Å². The van der Waals surface area contributed by atoms with Crippen molar-refractivity contribution in [2.24, 2.45) is 0 Å². The second kappa shape index (κ2) is 6.23. The van der Waals surface area contributed by atoms with Gasteiger partial charge in [0.15, 0.2) is 11.5 Å². The van der Waals surface area contributed by atoms with E-state index in [4.69, 9.17) is 23.2 Å². The zero-order valence-electron chi connectivity index (χ0n) is 12.9. The van der Waals surface area contributed by atoms with Crippen LogP contribution in [0.4, 0.5) is 5.82 Å². The normalized spacial score (nSPS) is 11.0. The molecule has 0 unspecified atom stereocenters. The minimum Gasteiger partial charge on any atom is -0.300 e. The van der Waals surface area contributed by atoms with Gasteiger partial charge in [-0.25, -0.2) is 0 Å². The van der Waals surface area contributed by atoms with Crippen molar-refractivity contribution in [3.8, 4) is 0 Å². The lowest BCUT2D eigenvalue weighted by atomic mass is 10.2. The van der Waals surface area contributed by atoms with Crippen LogP contribution >= 0.6 is 23.2 Å². The smallest absolute Gasteiger partial charge is 0.185 e. The highest BCUT2D eigenvalue weighted by molar-refractivity contribution is 6.42. The molecule has 0 aliphatic rings. The third-order valence-corrected chi connectivity index (χ3v) is 4.50. The van der Waals surface area contributed by atoms with E-state index in [-0.39, 0.29) is 0 Å². The largest absolute Gasteiger partial charge is 0.300 e. The molecule has 2 N–H and O–H groups in total. The molecule has 4 rings (SSSR count). The first-order chi connectivity index (χ1) is 12.1.